The smallest absolute Gasteiger partial charge is 0.244 e. The molecule has 5 heteroatoms. The number of nitrogens with zero attached hydrogens (tertiary/aromatic N) is 1. The second-order valence-electron chi connectivity index (χ2n) is 6.19. The van der Waals surface area contributed by atoms with Crippen LogP contribution in [0.5, 0.6) is 0 Å². The van der Waals surface area contributed by atoms with Crippen molar-refractivity contribution >= 4 is 17.2 Å². The highest BCUT2D eigenvalue weighted by Gasteiger charge is 2.48. The SMILES string of the molecule is CCC1(C)NC(c2cccs2)N(CC2CCCCO2)C1=O. The van der Waals surface area contributed by atoms with E-state index in [1.54, 1.807) is 11.3 Å². The summed E-state index contributed by atoms with van der Waals surface area (Å²) >= 11 is 1.70. The zero-order chi connectivity index (χ0) is 14.9. The molecular formula is C16H24N2O2S. The highest BCUT2D eigenvalue weighted by atomic mass is 32.1. The number of thiophene rings is 1. The van der Waals surface area contributed by atoms with Gasteiger partial charge >= 0.3 is 0 Å². The van der Waals surface area contributed by atoms with Gasteiger partial charge in [0.25, 0.3) is 0 Å². The van der Waals surface area contributed by atoms with Gasteiger partial charge in [-0.2, -0.15) is 0 Å². The maximum atomic E-state index is 12.9. The third-order valence-electron chi connectivity index (χ3n) is 4.69. The number of carbonyl (C=O) groups excluding carboxylic acids is 1. The maximum Gasteiger partial charge on any atom is 0.244 e. The molecular weight excluding hydrogens is 284 g/mol. The van der Waals surface area contributed by atoms with E-state index in [1.165, 1.54) is 11.3 Å². The molecule has 2 fully saturated rings. The number of hydrogen-bond acceptors (Lipinski definition) is 4. The van der Waals surface area contributed by atoms with E-state index in [2.05, 4.69) is 23.7 Å². The molecule has 116 valence electrons. The van der Waals surface area contributed by atoms with Gasteiger partial charge < -0.3 is 9.64 Å². The quantitative estimate of drug-likeness (QED) is 0.930. The minimum atomic E-state index is -0.455. The molecule has 1 amide bonds. The number of hydrogen-bond donors (Lipinski definition) is 1. The first-order valence-corrected chi connectivity index (χ1v) is 8.76. The largest absolute Gasteiger partial charge is 0.376 e. The van der Waals surface area contributed by atoms with Gasteiger partial charge in [0.2, 0.25) is 5.91 Å². The van der Waals surface area contributed by atoms with Crippen LogP contribution < -0.4 is 5.32 Å². The first-order valence-electron chi connectivity index (χ1n) is 7.88. The van der Waals surface area contributed by atoms with E-state index in [-0.39, 0.29) is 18.2 Å². The van der Waals surface area contributed by atoms with E-state index in [9.17, 15) is 4.79 Å². The molecule has 2 aliphatic rings. The van der Waals surface area contributed by atoms with Gasteiger partial charge in [0.15, 0.2) is 0 Å². The van der Waals surface area contributed by atoms with Gasteiger partial charge in [0, 0.05) is 18.0 Å². The molecule has 0 radical (unpaired) electrons. The molecule has 0 aliphatic carbocycles. The van der Waals surface area contributed by atoms with Crippen molar-refractivity contribution in [3.63, 3.8) is 0 Å². The predicted molar refractivity (Wildman–Crippen MR) is 84.2 cm³/mol. The maximum absolute atomic E-state index is 12.9. The number of rotatable bonds is 4. The lowest BCUT2D eigenvalue weighted by Gasteiger charge is -2.30. The molecule has 1 aromatic rings. The zero-order valence-electron chi connectivity index (χ0n) is 12.8. The molecule has 4 nitrogen and oxygen atoms in total. The summed E-state index contributed by atoms with van der Waals surface area (Å²) in [5, 5.41) is 5.61. The average molecular weight is 308 g/mol. The Morgan fingerprint density at radius 2 is 2.38 bits per heavy atom. The average Bonchev–Trinajstić information content (AvgIpc) is 3.11. The summed E-state index contributed by atoms with van der Waals surface area (Å²) in [4.78, 5) is 16.0. The summed E-state index contributed by atoms with van der Waals surface area (Å²) in [7, 11) is 0. The van der Waals surface area contributed by atoms with E-state index in [0.717, 1.165) is 25.9 Å². The van der Waals surface area contributed by atoms with Gasteiger partial charge in [-0.1, -0.05) is 13.0 Å². The zero-order valence-corrected chi connectivity index (χ0v) is 13.6. The first kappa shape index (κ1) is 15.0. The summed E-state index contributed by atoms with van der Waals surface area (Å²) in [6, 6.07) is 4.15. The lowest BCUT2D eigenvalue weighted by atomic mass is 9.99. The minimum Gasteiger partial charge on any atom is -0.376 e. The number of carbonyl (C=O) groups is 1. The lowest BCUT2D eigenvalue weighted by molar-refractivity contribution is -0.135. The molecule has 1 aromatic heterocycles. The monoisotopic (exact) mass is 308 g/mol. The van der Waals surface area contributed by atoms with Gasteiger partial charge in [-0.05, 0) is 44.1 Å². The van der Waals surface area contributed by atoms with Crippen molar-refractivity contribution in [1.82, 2.24) is 10.2 Å². The summed E-state index contributed by atoms with van der Waals surface area (Å²) in [5.74, 6) is 0.206. The molecule has 2 saturated heterocycles. The molecule has 1 N–H and O–H groups in total. The Bertz CT molecular complexity index is 484. The van der Waals surface area contributed by atoms with Crippen LogP contribution in [0.2, 0.25) is 0 Å². The third kappa shape index (κ3) is 2.87. The van der Waals surface area contributed by atoms with Crippen LogP contribution in [0.1, 0.15) is 50.6 Å². The fraction of sp³-hybridized carbons (Fsp3) is 0.688. The molecule has 2 aliphatic heterocycles. The number of ether oxygens (including phenoxy) is 1. The topological polar surface area (TPSA) is 41.6 Å². The van der Waals surface area contributed by atoms with Crippen LogP contribution >= 0.6 is 11.3 Å². The summed E-state index contributed by atoms with van der Waals surface area (Å²) < 4.78 is 5.84. The lowest BCUT2D eigenvalue weighted by Crippen LogP contribution is -2.44. The fourth-order valence-electron chi connectivity index (χ4n) is 3.16. The highest BCUT2D eigenvalue weighted by molar-refractivity contribution is 7.10. The van der Waals surface area contributed by atoms with E-state index < -0.39 is 5.54 Å². The van der Waals surface area contributed by atoms with Crippen LogP contribution in [-0.4, -0.2) is 35.6 Å². The molecule has 0 bridgehead atoms. The Morgan fingerprint density at radius 1 is 1.52 bits per heavy atom. The summed E-state index contributed by atoms with van der Waals surface area (Å²) in [6.45, 7) is 5.60. The highest BCUT2D eigenvalue weighted by Crippen LogP contribution is 2.35. The molecule has 0 spiro atoms. The molecule has 21 heavy (non-hydrogen) atoms. The van der Waals surface area contributed by atoms with Crippen LogP contribution in [0.25, 0.3) is 0 Å². The van der Waals surface area contributed by atoms with Crippen molar-refractivity contribution in [3.05, 3.63) is 22.4 Å². The van der Waals surface area contributed by atoms with Crippen LogP contribution in [-0.2, 0) is 9.53 Å². The Balaban J connectivity index is 1.81. The first-order chi connectivity index (χ1) is 10.1. The van der Waals surface area contributed by atoms with Crippen LogP contribution in [0, 0.1) is 0 Å². The van der Waals surface area contributed by atoms with Crippen molar-refractivity contribution in [3.8, 4) is 0 Å². The molecule has 0 aromatic carbocycles. The summed E-state index contributed by atoms with van der Waals surface area (Å²) in [6.07, 6.45) is 4.39. The number of amides is 1. The second kappa shape index (κ2) is 6.07. The van der Waals surface area contributed by atoms with Gasteiger partial charge in [0.1, 0.15) is 6.17 Å². The molecule has 3 heterocycles. The van der Waals surface area contributed by atoms with Crippen LogP contribution in [0.4, 0.5) is 0 Å². The van der Waals surface area contributed by atoms with Crippen LogP contribution in [0.3, 0.4) is 0 Å². The number of nitrogens with one attached hydrogen (secondary N) is 1. The van der Waals surface area contributed by atoms with Crippen molar-refractivity contribution < 1.29 is 9.53 Å². The van der Waals surface area contributed by atoms with E-state index in [1.807, 2.05) is 17.9 Å². The van der Waals surface area contributed by atoms with Crippen LogP contribution in [0.15, 0.2) is 17.5 Å². The van der Waals surface area contributed by atoms with Crippen molar-refractivity contribution in [1.29, 1.82) is 0 Å². The molecule has 3 rings (SSSR count). The normalized spacial score (nSPS) is 33.6. The Hall–Kier alpha value is -0.910. The standard InChI is InChI=1S/C16H24N2O2S/c1-3-16(2)15(19)18(11-12-7-4-5-9-20-12)14(17-16)13-8-6-10-21-13/h6,8,10,12,14,17H,3-5,7,9,11H2,1-2H3. The third-order valence-corrected chi connectivity index (χ3v) is 5.62. The summed E-state index contributed by atoms with van der Waals surface area (Å²) in [5.41, 5.74) is -0.455. The van der Waals surface area contributed by atoms with Crippen molar-refractivity contribution in [2.24, 2.45) is 0 Å². The van der Waals surface area contributed by atoms with Gasteiger partial charge in [-0.25, -0.2) is 0 Å². The van der Waals surface area contributed by atoms with E-state index >= 15 is 0 Å². The predicted octanol–water partition coefficient (Wildman–Crippen LogP) is 2.92. The molecule has 0 saturated carbocycles. The minimum absolute atomic E-state index is 0.00650. The Morgan fingerprint density at radius 3 is 3.00 bits per heavy atom. The van der Waals surface area contributed by atoms with Gasteiger partial charge in [-0.3, -0.25) is 10.1 Å². The van der Waals surface area contributed by atoms with E-state index in [4.69, 9.17) is 4.74 Å². The molecule has 3 unspecified atom stereocenters. The van der Waals surface area contributed by atoms with Gasteiger partial charge in [0.05, 0.1) is 11.6 Å². The Labute approximate surface area is 130 Å². The van der Waals surface area contributed by atoms with Crippen molar-refractivity contribution in [2.75, 3.05) is 13.2 Å². The fourth-order valence-corrected chi connectivity index (χ4v) is 3.95. The van der Waals surface area contributed by atoms with Gasteiger partial charge in [-0.15, -0.1) is 11.3 Å². The van der Waals surface area contributed by atoms with E-state index in [0.29, 0.717) is 6.54 Å². The van der Waals surface area contributed by atoms with Crippen molar-refractivity contribution in [2.45, 2.75) is 57.3 Å². The second-order valence-corrected chi connectivity index (χ2v) is 7.17. The Kier molecular flexibility index (Phi) is 4.33. The molecule has 3 atom stereocenters.